The standard InChI is InChI=1S/C15H15F3N4O/c1-9(13-21-20-12-6-3-7-22(12)13)19-14(23)10-4-2-5-11(8-10)15(16,17)18/h2,4-5,8-9H,3,6-7H2,1H3,(H,19,23). The molecule has 0 radical (unpaired) electrons. The van der Waals surface area contributed by atoms with Crippen LogP contribution in [-0.4, -0.2) is 20.7 Å². The molecule has 23 heavy (non-hydrogen) atoms. The van der Waals surface area contributed by atoms with E-state index in [-0.39, 0.29) is 5.56 Å². The highest BCUT2D eigenvalue weighted by Crippen LogP contribution is 2.29. The normalized spacial score (nSPS) is 15.3. The Balaban J connectivity index is 1.76. The third kappa shape index (κ3) is 3.06. The summed E-state index contributed by atoms with van der Waals surface area (Å²) < 4.78 is 40.1. The van der Waals surface area contributed by atoms with Gasteiger partial charge in [-0.2, -0.15) is 13.2 Å². The fourth-order valence-corrected chi connectivity index (χ4v) is 2.67. The van der Waals surface area contributed by atoms with Crippen molar-refractivity contribution in [1.29, 1.82) is 0 Å². The van der Waals surface area contributed by atoms with Crippen molar-refractivity contribution in [2.45, 2.75) is 38.5 Å². The molecule has 1 atom stereocenters. The second kappa shape index (κ2) is 5.68. The number of aromatic nitrogens is 3. The van der Waals surface area contributed by atoms with E-state index in [4.69, 9.17) is 0 Å². The summed E-state index contributed by atoms with van der Waals surface area (Å²) in [6.45, 7) is 2.53. The number of benzene rings is 1. The Hall–Kier alpha value is -2.38. The lowest BCUT2D eigenvalue weighted by atomic mass is 10.1. The molecule has 0 spiro atoms. The van der Waals surface area contributed by atoms with Gasteiger partial charge in [-0.25, -0.2) is 0 Å². The van der Waals surface area contributed by atoms with E-state index in [1.807, 2.05) is 4.57 Å². The van der Waals surface area contributed by atoms with Crippen LogP contribution in [0.3, 0.4) is 0 Å². The fourth-order valence-electron chi connectivity index (χ4n) is 2.67. The number of nitrogens with one attached hydrogen (secondary N) is 1. The highest BCUT2D eigenvalue weighted by molar-refractivity contribution is 5.94. The molecule has 8 heteroatoms. The molecule has 2 heterocycles. The molecule has 1 aromatic heterocycles. The predicted molar refractivity (Wildman–Crippen MR) is 75.7 cm³/mol. The highest BCUT2D eigenvalue weighted by Gasteiger charge is 2.31. The first kappa shape index (κ1) is 15.5. The maximum atomic E-state index is 12.7. The van der Waals surface area contributed by atoms with Gasteiger partial charge < -0.3 is 9.88 Å². The first-order chi connectivity index (χ1) is 10.9. The SMILES string of the molecule is CC(NC(=O)c1cccc(C(F)(F)F)c1)c1nnc2n1CCC2. The number of rotatable bonds is 3. The number of halogens is 3. The number of amides is 1. The lowest BCUT2D eigenvalue weighted by Gasteiger charge is -2.14. The van der Waals surface area contributed by atoms with Crippen LogP contribution in [0.1, 0.15) is 47.0 Å². The van der Waals surface area contributed by atoms with Crippen molar-refractivity contribution in [3.05, 3.63) is 47.0 Å². The molecule has 1 aliphatic rings. The van der Waals surface area contributed by atoms with Gasteiger partial charge in [-0.1, -0.05) is 6.07 Å². The number of aryl methyl sites for hydroxylation is 1. The van der Waals surface area contributed by atoms with E-state index >= 15 is 0 Å². The molecule has 0 aliphatic carbocycles. The van der Waals surface area contributed by atoms with Crippen LogP contribution in [0.25, 0.3) is 0 Å². The zero-order valence-corrected chi connectivity index (χ0v) is 12.4. The summed E-state index contributed by atoms with van der Waals surface area (Å²) in [6, 6.07) is 3.92. The molecule has 122 valence electrons. The average Bonchev–Trinajstić information content (AvgIpc) is 3.09. The maximum absolute atomic E-state index is 12.7. The molecule has 1 N–H and O–H groups in total. The number of hydrogen-bond acceptors (Lipinski definition) is 3. The van der Waals surface area contributed by atoms with Crippen LogP contribution in [0, 0.1) is 0 Å². The zero-order chi connectivity index (χ0) is 16.6. The summed E-state index contributed by atoms with van der Waals surface area (Å²) >= 11 is 0. The van der Waals surface area contributed by atoms with Crippen LogP contribution in [0.5, 0.6) is 0 Å². The molecule has 2 aromatic rings. The summed E-state index contributed by atoms with van der Waals surface area (Å²) in [7, 11) is 0. The summed E-state index contributed by atoms with van der Waals surface area (Å²) in [5, 5.41) is 10.8. The Morgan fingerprint density at radius 3 is 2.87 bits per heavy atom. The fraction of sp³-hybridized carbons (Fsp3) is 0.400. The molecule has 0 fully saturated rings. The first-order valence-corrected chi connectivity index (χ1v) is 7.26. The van der Waals surface area contributed by atoms with E-state index in [9.17, 15) is 18.0 Å². The minimum Gasteiger partial charge on any atom is -0.342 e. The zero-order valence-electron chi connectivity index (χ0n) is 12.4. The van der Waals surface area contributed by atoms with E-state index in [1.54, 1.807) is 6.92 Å². The van der Waals surface area contributed by atoms with Crippen LogP contribution < -0.4 is 5.32 Å². The molecule has 0 saturated carbocycles. The molecule has 1 aromatic carbocycles. The Bertz CT molecular complexity index is 739. The quantitative estimate of drug-likeness (QED) is 0.944. The van der Waals surface area contributed by atoms with Gasteiger partial charge in [0.15, 0.2) is 5.82 Å². The summed E-state index contributed by atoms with van der Waals surface area (Å²) in [5.41, 5.74) is -0.881. The maximum Gasteiger partial charge on any atom is 0.416 e. The third-order valence-electron chi connectivity index (χ3n) is 3.83. The van der Waals surface area contributed by atoms with Crippen LogP contribution in [0.4, 0.5) is 13.2 Å². The van der Waals surface area contributed by atoms with Crippen molar-refractivity contribution >= 4 is 5.91 Å². The second-order valence-electron chi connectivity index (χ2n) is 5.50. The van der Waals surface area contributed by atoms with E-state index in [0.29, 0.717) is 5.82 Å². The van der Waals surface area contributed by atoms with Gasteiger partial charge in [-0.15, -0.1) is 10.2 Å². The minimum atomic E-state index is -4.48. The van der Waals surface area contributed by atoms with Gasteiger partial charge >= 0.3 is 6.18 Å². The van der Waals surface area contributed by atoms with Crippen LogP contribution >= 0.6 is 0 Å². The van der Waals surface area contributed by atoms with Crippen molar-refractivity contribution in [1.82, 2.24) is 20.1 Å². The first-order valence-electron chi connectivity index (χ1n) is 7.26. The number of hydrogen-bond donors (Lipinski definition) is 1. The van der Waals surface area contributed by atoms with Crippen molar-refractivity contribution in [3.8, 4) is 0 Å². The van der Waals surface area contributed by atoms with Crippen molar-refractivity contribution in [3.63, 3.8) is 0 Å². The van der Waals surface area contributed by atoms with Crippen LogP contribution in [0.15, 0.2) is 24.3 Å². The molecular formula is C15H15F3N4O. The largest absolute Gasteiger partial charge is 0.416 e. The Kier molecular flexibility index (Phi) is 3.83. The second-order valence-corrected chi connectivity index (χ2v) is 5.50. The lowest BCUT2D eigenvalue weighted by Crippen LogP contribution is -2.29. The monoisotopic (exact) mass is 324 g/mol. The molecule has 5 nitrogen and oxygen atoms in total. The Morgan fingerprint density at radius 2 is 2.13 bits per heavy atom. The van der Waals surface area contributed by atoms with Gasteiger partial charge in [0.1, 0.15) is 5.82 Å². The van der Waals surface area contributed by atoms with Gasteiger partial charge in [-0.3, -0.25) is 4.79 Å². The van der Waals surface area contributed by atoms with Gasteiger partial charge in [0.2, 0.25) is 0 Å². The summed E-state index contributed by atoms with van der Waals surface area (Å²) in [5.74, 6) is 0.928. The number of fused-ring (bicyclic) bond motifs is 1. The Labute approximate surface area is 130 Å². The number of alkyl halides is 3. The number of carbonyl (C=O) groups is 1. The highest BCUT2D eigenvalue weighted by atomic mass is 19.4. The van der Waals surface area contributed by atoms with Crippen molar-refractivity contribution < 1.29 is 18.0 Å². The third-order valence-corrected chi connectivity index (χ3v) is 3.83. The Morgan fingerprint density at radius 1 is 1.35 bits per heavy atom. The van der Waals surface area contributed by atoms with E-state index in [1.165, 1.54) is 12.1 Å². The number of carbonyl (C=O) groups excluding carboxylic acids is 1. The topological polar surface area (TPSA) is 59.8 Å². The molecule has 1 aliphatic heterocycles. The lowest BCUT2D eigenvalue weighted by molar-refractivity contribution is -0.137. The van der Waals surface area contributed by atoms with Gasteiger partial charge in [0, 0.05) is 18.5 Å². The summed E-state index contributed by atoms with van der Waals surface area (Å²) in [4.78, 5) is 12.2. The molecule has 1 amide bonds. The van der Waals surface area contributed by atoms with Gasteiger partial charge in [0.05, 0.1) is 11.6 Å². The molecule has 0 bridgehead atoms. The van der Waals surface area contributed by atoms with E-state index < -0.39 is 23.7 Å². The smallest absolute Gasteiger partial charge is 0.342 e. The van der Waals surface area contributed by atoms with E-state index in [0.717, 1.165) is 37.3 Å². The summed E-state index contributed by atoms with van der Waals surface area (Å²) in [6.07, 6.45) is -2.65. The van der Waals surface area contributed by atoms with Crippen molar-refractivity contribution in [2.24, 2.45) is 0 Å². The van der Waals surface area contributed by atoms with Gasteiger partial charge in [0.25, 0.3) is 5.91 Å². The van der Waals surface area contributed by atoms with Crippen LogP contribution in [0.2, 0.25) is 0 Å². The van der Waals surface area contributed by atoms with Crippen molar-refractivity contribution in [2.75, 3.05) is 0 Å². The minimum absolute atomic E-state index is 0.0344. The molecule has 1 unspecified atom stereocenters. The van der Waals surface area contributed by atoms with E-state index in [2.05, 4.69) is 15.5 Å². The molecular weight excluding hydrogens is 309 g/mol. The average molecular weight is 324 g/mol. The predicted octanol–water partition coefficient (Wildman–Crippen LogP) is 2.73. The van der Waals surface area contributed by atoms with Crippen LogP contribution in [-0.2, 0) is 19.1 Å². The van der Waals surface area contributed by atoms with Gasteiger partial charge in [-0.05, 0) is 31.5 Å². The molecule has 3 rings (SSSR count). The molecule has 0 saturated heterocycles. The number of nitrogens with zero attached hydrogens (tertiary/aromatic N) is 3.